The quantitative estimate of drug-likeness (QED) is 0.693. The molecule has 0 radical (unpaired) electrons. The zero-order valence-electron chi connectivity index (χ0n) is 10.3. The van der Waals surface area contributed by atoms with Gasteiger partial charge in [-0.15, -0.1) is 11.3 Å². The fourth-order valence-electron chi connectivity index (χ4n) is 1.87. The van der Waals surface area contributed by atoms with E-state index in [2.05, 4.69) is 9.97 Å². The van der Waals surface area contributed by atoms with Gasteiger partial charge in [0, 0.05) is 16.6 Å². The van der Waals surface area contributed by atoms with Gasteiger partial charge in [-0.3, -0.25) is 4.98 Å². The molecule has 94 valence electrons. The van der Waals surface area contributed by atoms with Crippen molar-refractivity contribution < 1.29 is 4.39 Å². The molecule has 0 saturated carbocycles. The van der Waals surface area contributed by atoms with Gasteiger partial charge in [-0.1, -0.05) is 6.07 Å². The molecule has 19 heavy (non-hydrogen) atoms. The number of hydrogen-bond acceptors (Lipinski definition) is 3. The van der Waals surface area contributed by atoms with Crippen molar-refractivity contribution in [3.8, 4) is 22.0 Å². The SMILES string of the molecule is Cc1sc(-c2ccccn2)nc1-c1ccc(F)cc1. The van der Waals surface area contributed by atoms with Crippen LogP contribution in [0.3, 0.4) is 0 Å². The molecule has 0 saturated heterocycles. The average Bonchev–Trinajstić information content (AvgIpc) is 2.83. The van der Waals surface area contributed by atoms with E-state index in [4.69, 9.17) is 0 Å². The van der Waals surface area contributed by atoms with E-state index in [1.807, 2.05) is 25.1 Å². The highest BCUT2D eigenvalue weighted by molar-refractivity contribution is 7.15. The molecular formula is C15H11FN2S. The first-order valence-corrected chi connectivity index (χ1v) is 6.70. The molecule has 0 unspecified atom stereocenters. The van der Waals surface area contributed by atoms with Crippen molar-refractivity contribution in [1.29, 1.82) is 0 Å². The fraction of sp³-hybridized carbons (Fsp3) is 0.0667. The fourth-order valence-corrected chi connectivity index (χ4v) is 2.78. The van der Waals surface area contributed by atoms with E-state index in [1.165, 1.54) is 12.1 Å². The van der Waals surface area contributed by atoms with Crippen molar-refractivity contribution in [2.24, 2.45) is 0 Å². The van der Waals surface area contributed by atoms with Gasteiger partial charge in [0.15, 0.2) is 0 Å². The Kier molecular flexibility index (Phi) is 3.09. The zero-order chi connectivity index (χ0) is 13.2. The molecule has 0 aliphatic carbocycles. The predicted molar refractivity (Wildman–Crippen MR) is 75.5 cm³/mol. The Hall–Kier alpha value is -2.07. The Morgan fingerprint density at radius 3 is 2.53 bits per heavy atom. The predicted octanol–water partition coefficient (Wildman–Crippen LogP) is 4.32. The highest BCUT2D eigenvalue weighted by atomic mass is 32.1. The molecule has 4 heteroatoms. The summed E-state index contributed by atoms with van der Waals surface area (Å²) in [5.41, 5.74) is 2.69. The van der Waals surface area contributed by atoms with Gasteiger partial charge < -0.3 is 0 Å². The molecule has 0 fully saturated rings. The van der Waals surface area contributed by atoms with Gasteiger partial charge in [-0.25, -0.2) is 9.37 Å². The van der Waals surface area contributed by atoms with Gasteiger partial charge in [0.25, 0.3) is 0 Å². The summed E-state index contributed by atoms with van der Waals surface area (Å²) in [5.74, 6) is -0.235. The summed E-state index contributed by atoms with van der Waals surface area (Å²) >= 11 is 1.60. The summed E-state index contributed by atoms with van der Waals surface area (Å²) in [7, 11) is 0. The van der Waals surface area contributed by atoms with Crippen LogP contribution in [0.5, 0.6) is 0 Å². The number of nitrogens with zero attached hydrogens (tertiary/aromatic N) is 2. The molecule has 0 aliphatic heterocycles. The lowest BCUT2D eigenvalue weighted by molar-refractivity contribution is 0.628. The first-order valence-electron chi connectivity index (χ1n) is 5.89. The summed E-state index contributed by atoms with van der Waals surface area (Å²) < 4.78 is 12.9. The summed E-state index contributed by atoms with van der Waals surface area (Å²) in [4.78, 5) is 10.0. The van der Waals surface area contributed by atoms with E-state index in [0.717, 1.165) is 26.8 Å². The molecule has 0 amide bonds. The molecule has 3 aromatic rings. The lowest BCUT2D eigenvalue weighted by Crippen LogP contribution is -1.83. The van der Waals surface area contributed by atoms with Gasteiger partial charge in [-0.05, 0) is 43.3 Å². The second-order valence-electron chi connectivity index (χ2n) is 4.15. The number of hydrogen-bond donors (Lipinski definition) is 0. The van der Waals surface area contributed by atoms with E-state index >= 15 is 0 Å². The van der Waals surface area contributed by atoms with Gasteiger partial charge >= 0.3 is 0 Å². The first kappa shape index (κ1) is 12.0. The maximum atomic E-state index is 12.9. The van der Waals surface area contributed by atoms with Crippen LogP contribution in [-0.2, 0) is 0 Å². The third kappa shape index (κ3) is 2.39. The van der Waals surface area contributed by atoms with Crippen molar-refractivity contribution in [2.45, 2.75) is 6.92 Å². The van der Waals surface area contributed by atoms with E-state index in [0.29, 0.717) is 0 Å². The van der Waals surface area contributed by atoms with E-state index in [9.17, 15) is 4.39 Å². The number of thiazole rings is 1. The topological polar surface area (TPSA) is 25.8 Å². The number of aryl methyl sites for hydroxylation is 1. The van der Waals surface area contributed by atoms with Crippen LogP contribution in [0.15, 0.2) is 48.7 Å². The molecule has 0 spiro atoms. The van der Waals surface area contributed by atoms with Crippen molar-refractivity contribution in [3.63, 3.8) is 0 Å². The average molecular weight is 270 g/mol. The standard InChI is InChI=1S/C15H11FN2S/c1-10-14(11-5-7-12(16)8-6-11)18-15(19-10)13-4-2-3-9-17-13/h2-9H,1H3. The number of halogens is 1. The third-order valence-electron chi connectivity index (χ3n) is 2.80. The minimum absolute atomic E-state index is 0.235. The van der Waals surface area contributed by atoms with Crippen molar-refractivity contribution >= 4 is 11.3 Å². The normalized spacial score (nSPS) is 10.6. The summed E-state index contributed by atoms with van der Waals surface area (Å²) in [6.07, 6.45) is 1.75. The number of benzene rings is 1. The molecular weight excluding hydrogens is 259 g/mol. The largest absolute Gasteiger partial charge is 0.254 e. The van der Waals surface area contributed by atoms with Crippen LogP contribution in [-0.4, -0.2) is 9.97 Å². The van der Waals surface area contributed by atoms with E-state index in [-0.39, 0.29) is 5.82 Å². The van der Waals surface area contributed by atoms with Gasteiger partial charge in [0.1, 0.15) is 10.8 Å². The second-order valence-corrected chi connectivity index (χ2v) is 5.35. The Balaban J connectivity index is 2.05. The number of pyridine rings is 1. The van der Waals surface area contributed by atoms with Crippen LogP contribution in [0.4, 0.5) is 4.39 Å². The second kappa shape index (κ2) is 4.90. The summed E-state index contributed by atoms with van der Waals surface area (Å²) in [6.45, 7) is 2.02. The lowest BCUT2D eigenvalue weighted by Gasteiger charge is -1.98. The maximum absolute atomic E-state index is 12.9. The minimum Gasteiger partial charge on any atom is -0.254 e. The number of rotatable bonds is 2. The monoisotopic (exact) mass is 270 g/mol. The van der Waals surface area contributed by atoms with Crippen LogP contribution in [0.25, 0.3) is 22.0 Å². The molecule has 2 nitrogen and oxygen atoms in total. The van der Waals surface area contributed by atoms with Crippen LogP contribution in [0.1, 0.15) is 4.88 Å². The third-order valence-corrected chi connectivity index (χ3v) is 3.79. The molecule has 1 aromatic carbocycles. The van der Waals surface area contributed by atoms with Crippen LogP contribution in [0, 0.1) is 12.7 Å². The van der Waals surface area contributed by atoms with Crippen LogP contribution >= 0.6 is 11.3 Å². The Morgan fingerprint density at radius 1 is 1.05 bits per heavy atom. The molecule has 2 heterocycles. The van der Waals surface area contributed by atoms with Gasteiger partial charge in [0.2, 0.25) is 0 Å². The van der Waals surface area contributed by atoms with Crippen molar-refractivity contribution in [1.82, 2.24) is 9.97 Å². The van der Waals surface area contributed by atoms with Crippen molar-refractivity contribution in [2.75, 3.05) is 0 Å². The summed E-state index contributed by atoms with van der Waals surface area (Å²) in [6, 6.07) is 12.2. The maximum Gasteiger partial charge on any atom is 0.142 e. The minimum atomic E-state index is -0.235. The van der Waals surface area contributed by atoms with Crippen LogP contribution in [0.2, 0.25) is 0 Å². The van der Waals surface area contributed by atoms with E-state index < -0.39 is 0 Å². The smallest absolute Gasteiger partial charge is 0.142 e. The summed E-state index contributed by atoms with van der Waals surface area (Å²) in [5, 5.41) is 0.887. The first-order chi connectivity index (χ1) is 9.24. The lowest BCUT2D eigenvalue weighted by atomic mass is 10.1. The zero-order valence-corrected chi connectivity index (χ0v) is 11.1. The van der Waals surface area contributed by atoms with E-state index in [1.54, 1.807) is 29.7 Å². The van der Waals surface area contributed by atoms with Gasteiger partial charge in [-0.2, -0.15) is 0 Å². The van der Waals surface area contributed by atoms with Gasteiger partial charge in [0.05, 0.1) is 11.4 Å². The molecule has 0 bridgehead atoms. The Bertz CT molecular complexity index is 690. The Morgan fingerprint density at radius 2 is 1.84 bits per heavy atom. The highest BCUT2D eigenvalue weighted by Gasteiger charge is 2.11. The Labute approximate surface area is 114 Å². The number of aromatic nitrogens is 2. The van der Waals surface area contributed by atoms with Crippen LogP contribution < -0.4 is 0 Å². The molecule has 3 rings (SSSR count). The molecule has 2 aromatic heterocycles. The molecule has 0 N–H and O–H groups in total. The highest BCUT2D eigenvalue weighted by Crippen LogP contribution is 2.32. The molecule has 0 atom stereocenters. The van der Waals surface area contributed by atoms with Crippen molar-refractivity contribution in [3.05, 3.63) is 59.4 Å². The molecule has 0 aliphatic rings.